The van der Waals surface area contributed by atoms with Gasteiger partial charge in [-0.2, -0.15) is 0 Å². The second-order valence-corrected chi connectivity index (χ2v) is 9.49. The van der Waals surface area contributed by atoms with Crippen molar-refractivity contribution in [3.63, 3.8) is 0 Å². The number of alkyl halides is 3. The first-order valence-electron chi connectivity index (χ1n) is 11.9. The molecule has 0 radical (unpaired) electrons. The van der Waals surface area contributed by atoms with Crippen LogP contribution in [-0.4, -0.2) is 6.36 Å². The predicted molar refractivity (Wildman–Crippen MR) is 119 cm³/mol. The number of hydrogen-bond acceptors (Lipinski definition) is 1. The molecule has 184 valence electrons. The molecular weight excluding hydrogens is 454 g/mol. The predicted octanol–water partition coefficient (Wildman–Crippen LogP) is 8.69. The van der Waals surface area contributed by atoms with Gasteiger partial charge in [0, 0.05) is 5.56 Å². The monoisotopic (exact) mass is 482 g/mol. The number of halogens is 6. The summed E-state index contributed by atoms with van der Waals surface area (Å²) < 4.78 is 83.7. The van der Waals surface area contributed by atoms with Crippen LogP contribution >= 0.6 is 0 Å². The molecule has 0 aromatic heterocycles. The maximum atomic E-state index is 14.9. The third kappa shape index (κ3) is 5.78. The van der Waals surface area contributed by atoms with Crippen molar-refractivity contribution in [2.24, 2.45) is 11.8 Å². The van der Waals surface area contributed by atoms with Crippen molar-refractivity contribution in [3.8, 4) is 16.9 Å². The van der Waals surface area contributed by atoms with Gasteiger partial charge in [-0.25, -0.2) is 13.2 Å². The average molecular weight is 483 g/mol. The van der Waals surface area contributed by atoms with Crippen molar-refractivity contribution in [3.05, 3.63) is 64.5 Å². The number of fused-ring (bicyclic) bond motifs is 1. The second kappa shape index (κ2) is 10.0. The minimum atomic E-state index is -5.24. The molecule has 4 rings (SSSR count). The molecular formula is C27H28F6O. The molecule has 0 amide bonds. The Labute approximate surface area is 195 Å². The van der Waals surface area contributed by atoms with Crippen LogP contribution in [0.4, 0.5) is 26.3 Å². The average Bonchev–Trinajstić information content (AvgIpc) is 2.79. The molecule has 0 N–H and O–H groups in total. The first kappa shape index (κ1) is 24.7. The van der Waals surface area contributed by atoms with E-state index in [1.165, 1.54) is 49.8 Å². The Kier molecular flexibility index (Phi) is 7.29. The van der Waals surface area contributed by atoms with E-state index in [9.17, 15) is 26.3 Å². The molecule has 0 atom stereocenters. The van der Waals surface area contributed by atoms with E-state index >= 15 is 0 Å². The lowest BCUT2D eigenvalue weighted by Crippen LogP contribution is -2.19. The first-order valence-corrected chi connectivity index (χ1v) is 11.9. The summed E-state index contributed by atoms with van der Waals surface area (Å²) in [6.45, 7) is 2.25. The fourth-order valence-electron chi connectivity index (χ4n) is 5.24. The van der Waals surface area contributed by atoms with Gasteiger partial charge in [-0.15, -0.1) is 13.2 Å². The van der Waals surface area contributed by atoms with Gasteiger partial charge in [0.25, 0.3) is 0 Å². The molecule has 0 saturated heterocycles. The number of hydrogen-bond donors (Lipinski definition) is 0. The molecule has 0 spiro atoms. The third-order valence-corrected chi connectivity index (χ3v) is 7.26. The van der Waals surface area contributed by atoms with Crippen LogP contribution in [0.5, 0.6) is 5.75 Å². The van der Waals surface area contributed by atoms with E-state index in [4.69, 9.17) is 0 Å². The Balaban J connectivity index is 1.46. The zero-order chi connectivity index (χ0) is 24.5. The van der Waals surface area contributed by atoms with Crippen molar-refractivity contribution < 1.29 is 31.1 Å². The van der Waals surface area contributed by atoms with Crippen LogP contribution in [0.1, 0.15) is 63.0 Å². The largest absolute Gasteiger partial charge is 0.573 e. The fraction of sp³-hybridized carbons (Fsp3) is 0.481. The number of allylic oxidation sites excluding steroid dienone is 2. The minimum absolute atomic E-state index is 0.0559. The zero-order valence-corrected chi connectivity index (χ0v) is 19.1. The van der Waals surface area contributed by atoms with Crippen molar-refractivity contribution in [2.45, 2.75) is 71.1 Å². The highest BCUT2D eigenvalue weighted by Gasteiger charge is 2.34. The molecule has 2 aromatic rings. The molecule has 7 heteroatoms. The van der Waals surface area contributed by atoms with Crippen LogP contribution in [0, 0.1) is 29.3 Å². The molecule has 34 heavy (non-hydrogen) atoms. The molecule has 1 saturated carbocycles. The zero-order valence-electron chi connectivity index (χ0n) is 19.1. The first-order chi connectivity index (χ1) is 16.1. The van der Waals surface area contributed by atoms with Crippen molar-refractivity contribution in [1.82, 2.24) is 0 Å². The van der Waals surface area contributed by atoms with Crippen molar-refractivity contribution in [1.29, 1.82) is 0 Å². The van der Waals surface area contributed by atoms with Crippen LogP contribution in [0.2, 0.25) is 0 Å². The molecule has 0 bridgehead atoms. The normalized spacial score (nSPS) is 20.6. The van der Waals surface area contributed by atoms with Gasteiger partial charge in [-0.1, -0.05) is 50.7 Å². The van der Waals surface area contributed by atoms with Gasteiger partial charge in [0.05, 0.1) is 0 Å². The summed E-state index contributed by atoms with van der Waals surface area (Å²) in [6, 6.07) is 4.22. The summed E-state index contributed by atoms with van der Waals surface area (Å²) in [6.07, 6.45) is 6.68. The Morgan fingerprint density at radius 1 is 0.853 bits per heavy atom. The van der Waals surface area contributed by atoms with Gasteiger partial charge in [-0.3, -0.25) is 0 Å². The Morgan fingerprint density at radius 3 is 2.12 bits per heavy atom. The lowest BCUT2D eigenvalue weighted by molar-refractivity contribution is -0.276. The lowest BCUT2D eigenvalue weighted by Gasteiger charge is -2.28. The van der Waals surface area contributed by atoms with Gasteiger partial charge in [-0.05, 0) is 78.5 Å². The van der Waals surface area contributed by atoms with Crippen LogP contribution in [0.15, 0.2) is 35.9 Å². The van der Waals surface area contributed by atoms with Crippen LogP contribution in [0.3, 0.4) is 0 Å². The summed E-state index contributed by atoms with van der Waals surface area (Å²) in [7, 11) is 0. The molecule has 0 aliphatic heterocycles. The fourth-order valence-corrected chi connectivity index (χ4v) is 5.24. The van der Waals surface area contributed by atoms with E-state index in [0.717, 1.165) is 35.8 Å². The van der Waals surface area contributed by atoms with Crippen molar-refractivity contribution >= 4 is 0 Å². The van der Waals surface area contributed by atoms with Gasteiger partial charge >= 0.3 is 6.36 Å². The molecule has 0 heterocycles. The van der Waals surface area contributed by atoms with Crippen LogP contribution in [0.25, 0.3) is 11.1 Å². The highest BCUT2D eigenvalue weighted by atomic mass is 19.4. The maximum absolute atomic E-state index is 14.9. The summed E-state index contributed by atoms with van der Waals surface area (Å²) >= 11 is 0. The van der Waals surface area contributed by atoms with E-state index in [2.05, 4.69) is 17.7 Å². The van der Waals surface area contributed by atoms with Crippen LogP contribution in [-0.2, 0) is 12.8 Å². The maximum Gasteiger partial charge on any atom is 0.573 e. The van der Waals surface area contributed by atoms with Crippen molar-refractivity contribution in [2.75, 3.05) is 0 Å². The molecule has 2 aliphatic rings. The van der Waals surface area contributed by atoms with Gasteiger partial charge in [0.1, 0.15) is 5.82 Å². The van der Waals surface area contributed by atoms with E-state index in [1.807, 2.05) is 0 Å². The van der Waals surface area contributed by atoms with E-state index in [-0.39, 0.29) is 11.1 Å². The summed E-state index contributed by atoms with van der Waals surface area (Å²) in [5.74, 6) is -3.69. The van der Waals surface area contributed by atoms with Gasteiger partial charge in [0.15, 0.2) is 11.6 Å². The van der Waals surface area contributed by atoms with E-state index in [0.29, 0.717) is 25.0 Å². The SMILES string of the molecule is CCC1CCC(CCC2=CCc3cc(-c4cc(F)c(OC(F)(F)F)c(F)c4)c(F)cc3C2)CC1. The number of rotatable bonds is 6. The molecule has 1 nitrogen and oxygen atoms in total. The standard InChI is InChI=1S/C27H28F6O/c1-2-16-3-5-17(6-4-16)7-8-18-9-10-19-12-22(23(28)13-20(19)11-18)21-14-24(29)26(25(30)15-21)34-27(31,32)33/h9,12-17H,2-8,10-11H2,1H3. The van der Waals surface area contributed by atoms with Crippen LogP contribution < -0.4 is 4.74 Å². The molecule has 0 unspecified atom stereocenters. The molecule has 2 aromatic carbocycles. The summed E-state index contributed by atoms with van der Waals surface area (Å²) in [5, 5.41) is 0. The Hall–Kier alpha value is -2.44. The molecule has 2 aliphatic carbocycles. The topological polar surface area (TPSA) is 9.23 Å². The highest BCUT2D eigenvalue weighted by Crippen LogP contribution is 2.37. The van der Waals surface area contributed by atoms with E-state index in [1.54, 1.807) is 0 Å². The summed E-state index contributed by atoms with van der Waals surface area (Å²) in [5.41, 5.74) is 2.73. The number of ether oxygens (including phenoxy) is 1. The lowest BCUT2D eigenvalue weighted by atomic mass is 9.78. The van der Waals surface area contributed by atoms with Gasteiger partial charge in [0.2, 0.25) is 5.75 Å². The van der Waals surface area contributed by atoms with Gasteiger partial charge < -0.3 is 4.74 Å². The summed E-state index contributed by atoms with van der Waals surface area (Å²) in [4.78, 5) is 0. The quantitative estimate of drug-likeness (QED) is 0.296. The third-order valence-electron chi connectivity index (χ3n) is 7.26. The smallest absolute Gasteiger partial charge is 0.399 e. The minimum Gasteiger partial charge on any atom is -0.399 e. The highest BCUT2D eigenvalue weighted by molar-refractivity contribution is 5.67. The van der Waals surface area contributed by atoms with E-state index < -0.39 is 29.6 Å². The Morgan fingerprint density at radius 2 is 1.50 bits per heavy atom. The second-order valence-electron chi connectivity index (χ2n) is 9.49. The Bertz CT molecular complexity index is 1040. The molecule has 1 fully saturated rings. The number of benzene rings is 2.